The lowest BCUT2D eigenvalue weighted by atomic mass is 9.93. The summed E-state index contributed by atoms with van der Waals surface area (Å²) in [7, 11) is 0. The fourth-order valence-corrected chi connectivity index (χ4v) is 4.89. The second-order valence-electron chi connectivity index (χ2n) is 9.25. The molecule has 1 amide bonds. The summed E-state index contributed by atoms with van der Waals surface area (Å²) in [4.78, 5) is 27.1. The first-order valence-corrected chi connectivity index (χ1v) is 12.4. The molecule has 2 saturated heterocycles. The number of aryl methyl sites for hydroxylation is 1. The Morgan fingerprint density at radius 3 is 2.66 bits per heavy atom. The van der Waals surface area contributed by atoms with Gasteiger partial charge in [-0.1, -0.05) is 36.4 Å². The zero-order chi connectivity index (χ0) is 24.0. The standard InChI is InChI=1S/C28H32N4O3/c1-21-7-2-5-11-25(21)35-27-26(29-12-13-30-27)23-9-6-14-32(20-23)28(33)24-10-4-3-8-22(24)19-31-15-17-34-18-16-31/h2-5,7-8,10-13,23H,6,9,14-20H2,1H3/t23-/m0/s1. The number of morpholine rings is 1. The lowest BCUT2D eigenvalue weighted by Gasteiger charge is -2.33. The largest absolute Gasteiger partial charge is 0.437 e. The Labute approximate surface area is 206 Å². The zero-order valence-corrected chi connectivity index (χ0v) is 20.2. The number of hydrogen-bond donors (Lipinski definition) is 0. The minimum Gasteiger partial charge on any atom is -0.437 e. The summed E-state index contributed by atoms with van der Waals surface area (Å²) < 4.78 is 11.7. The molecule has 0 N–H and O–H groups in total. The van der Waals surface area contributed by atoms with E-state index in [2.05, 4.69) is 20.9 Å². The van der Waals surface area contributed by atoms with Crippen LogP contribution in [0.15, 0.2) is 60.9 Å². The van der Waals surface area contributed by atoms with Crippen molar-refractivity contribution in [2.45, 2.75) is 32.2 Å². The first-order valence-electron chi connectivity index (χ1n) is 12.4. The van der Waals surface area contributed by atoms with Crippen LogP contribution in [-0.4, -0.2) is 65.1 Å². The summed E-state index contributed by atoms with van der Waals surface area (Å²) in [6.07, 6.45) is 5.23. The van der Waals surface area contributed by atoms with Crippen molar-refractivity contribution in [2.75, 3.05) is 39.4 Å². The van der Waals surface area contributed by atoms with Crippen molar-refractivity contribution in [3.8, 4) is 11.6 Å². The lowest BCUT2D eigenvalue weighted by Crippen LogP contribution is -2.40. The number of hydrogen-bond acceptors (Lipinski definition) is 6. The van der Waals surface area contributed by atoms with Crippen LogP contribution in [0.25, 0.3) is 0 Å². The van der Waals surface area contributed by atoms with Gasteiger partial charge in [0.15, 0.2) is 0 Å². The second kappa shape index (κ2) is 11.0. The summed E-state index contributed by atoms with van der Waals surface area (Å²) in [5.74, 6) is 1.46. The summed E-state index contributed by atoms with van der Waals surface area (Å²) in [6, 6.07) is 15.9. The van der Waals surface area contributed by atoms with Crippen LogP contribution in [0.4, 0.5) is 0 Å². The third-order valence-corrected chi connectivity index (χ3v) is 6.83. The number of carbonyl (C=O) groups excluding carboxylic acids is 1. The molecule has 1 aromatic heterocycles. The van der Waals surface area contributed by atoms with E-state index in [4.69, 9.17) is 9.47 Å². The molecule has 0 unspecified atom stereocenters. The summed E-state index contributed by atoms with van der Waals surface area (Å²) in [5, 5.41) is 0. The van der Waals surface area contributed by atoms with Crippen LogP contribution >= 0.6 is 0 Å². The molecule has 0 saturated carbocycles. The van der Waals surface area contributed by atoms with Crippen molar-refractivity contribution in [2.24, 2.45) is 0 Å². The van der Waals surface area contributed by atoms with E-state index in [0.29, 0.717) is 12.4 Å². The van der Waals surface area contributed by atoms with Crippen LogP contribution in [0.1, 0.15) is 45.9 Å². The smallest absolute Gasteiger partial charge is 0.254 e. The molecule has 3 aromatic rings. The molecular weight excluding hydrogens is 440 g/mol. The molecule has 5 rings (SSSR count). The Balaban J connectivity index is 1.33. The number of nitrogens with zero attached hydrogens (tertiary/aromatic N) is 4. The van der Waals surface area contributed by atoms with Gasteiger partial charge in [0.25, 0.3) is 5.91 Å². The van der Waals surface area contributed by atoms with Gasteiger partial charge in [0.2, 0.25) is 5.88 Å². The minimum atomic E-state index is 0.0758. The number of piperidine rings is 1. The van der Waals surface area contributed by atoms with Crippen molar-refractivity contribution < 1.29 is 14.3 Å². The first kappa shape index (κ1) is 23.5. The molecule has 2 aliphatic rings. The maximum absolute atomic E-state index is 13.7. The Morgan fingerprint density at radius 1 is 1.03 bits per heavy atom. The van der Waals surface area contributed by atoms with E-state index in [1.165, 1.54) is 0 Å². The molecule has 1 atom stereocenters. The van der Waals surface area contributed by atoms with Crippen molar-refractivity contribution in [1.82, 2.24) is 19.8 Å². The Kier molecular flexibility index (Phi) is 7.35. The van der Waals surface area contributed by atoms with Gasteiger partial charge in [0, 0.05) is 56.6 Å². The van der Waals surface area contributed by atoms with E-state index >= 15 is 0 Å². The van der Waals surface area contributed by atoms with Gasteiger partial charge in [-0.25, -0.2) is 4.98 Å². The summed E-state index contributed by atoms with van der Waals surface area (Å²) in [6.45, 7) is 7.41. The molecule has 2 aliphatic heterocycles. The molecule has 2 aromatic carbocycles. The monoisotopic (exact) mass is 472 g/mol. The van der Waals surface area contributed by atoms with E-state index in [0.717, 1.165) is 80.4 Å². The number of ether oxygens (including phenoxy) is 2. The highest BCUT2D eigenvalue weighted by atomic mass is 16.5. The molecule has 0 spiro atoms. The van der Waals surface area contributed by atoms with E-state index in [9.17, 15) is 4.79 Å². The molecule has 182 valence electrons. The van der Waals surface area contributed by atoms with Crippen LogP contribution in [-0.2, 0) is 11.3 Å². The van der Waals surface area contributed by atoms with Gasteiger partial charge in [-0.2, -0.15) is 0 Å². The fourth-order valence-electron chi connectivity index (χ4n) is 4.89. The molecule has 0 bridgehead atoms. The van der Waals surface area contributed by atoms with Crippen LogP contribution in [0.3, 0.4) is 0 Å². The summed E-state index contributed by atoms with van der Waals surface area (Å²) >= 11 is 0. The van der Waals surface area contributed by atoms with Crippen LogP contribution in [0, 0.1) is 6.92 Å². The van der Waals surface area contributed by atoms with Crippen molar-refractivity contribution in [3.05, 3.63) is 83.3 Å². The average Bonchev–Trinajstić information content (AvgIpc) is 2.91. The Bertz CT molecular complexity index is 1160. The minimum absolute atomic E-state index is 0.0758. The number of benzene rings is 2. The fraction of sp³-hybridized carbons (Fsp3) is 0.393. The molecule has 0 aliphatic carbocycles. The highest BCUT2D eigenvalue weighted by Crippen LogP contribution is 2.34. The van der Waals surface area contributed by atoms with E-state index < -0.39 is 0 Å². The normalized spacial score (nSPS) is 18.9. The number of amides is 1. The number of likely N-dealkylation sites (tertiary alicyclic amines) is 1. The van der Waals surface area contributed by atoms with Crippen molar-refractivity contribution in [3.63, 3.8) is 0 Å². The number of para-hydroxylation sites is 1. The molecule has 7 heteroatoms. The lowest BCUT2D eigenvalue weighted by molar-refractivity contribution is 0.0339. The quantitative estimate of drug-likeness (QED) is 0.529. The molecule has 3 heterocycles. The SMILES string of the molecule is Cc1ccccc1Oc1nccnc1[C@H]1CCCN(C(=O)c2ccccc2CN2CCOCC2)C1. The van der Waals surface area contributed by atoms with E-state index in [1.807, 2.05) is 54.3 Å². The zero-order valence-electron chi connectivity index (χ0n) is 20.2. The van der Waals surface area contributed by atoms with Crippen LogP contribution in [0.5, 0.6) is 11.6 Å². The molecule has 7 nitrogen and oxygen atoms in total. The Morgan fingerprint density at radius 2 is 1.80 bits per heavy atom. The first-order chi connectivity index (χ1) is 17.2. The van der Waals surface area contributed by atoms with Gasteiger partial charge < -0.3 is 14.4 Å². The van der Waals surface area contributed by atoms with Gasteiger partial charge in [-0.15, -0.1) is 0 Å². The highest BCUT2D eigenvalue weighted by molar-refractivity contribution is 5.95. The van der Waals surface area contributed by atoms with Crippen molar-refractivity contribution in [1.29, 1.82) is 0 Å². The topological polar surface area (TPSA) is 67.8 Å². The second-order valence-corrected chi connectivity index (χ2v) is 9.25. The summed E-state index contributed by atoms with van der Waals surface area (Å²) in [5.41, 5.74) is 3.72. The van der Waals surface area contributed by atoms with Crippen LogP contribution in [0.2, 0.25) is 0 Å². The number of carbonyl (C=O) groups is 1. The van der Waals surface area contributed by atoms with Gasteiger partial charge in [0.05, 0.1) is 13.2 Å². The molecule has 35 heavy (non-hydrogen) atoms. The molecule has 0 radical (unpaired) electrons. The van der Waals surface area contributed by atoms with Gasteiger partial charge in [-0.3, -0.25) is 14.7 Å². The average molecular weight is 473 g/mol. The highest BCUT2D eigenvalue weighted by Gasteiger charge is 2.30. The van der Waals surface area contributed by atoms with E-state index in [1.54, 1.807) is 12.4 Å². The van der Waals surface area contributed by atoms with E-state index in [-0.39, 0.29) is 11.8 Å². The number of rotatable bonds is 6. The number of aromatic nitrogens is 2. The third-order valence-electron chi connectivity index (χ3n) is 6.83. The molecule has 2 fully saturated rings. The van der Waals surface area contributed by atoms with Crippen LogP contribution < -0.4 is 4.74 Å². The van der Waals surface area contributed by atoms with Crippen molar-refractivity contribution >= 4 is 5.91 Å². The van der Waals surface area contributed by atoms with Gasteiger partial charge in [-0.05, 0) is 43.0 Å². The predicted octanol–water partition coefficient (Wildman–Crippen LogP) is 4.43. The predicted molar refractivity (Wildman–Crippen MR) is 134 cm³/mol. The maximum Gasteiger partial charge on any atom is 0.254 e. The molecular formula is C28H32N4O3. The van der Waals surface area contributed by atoms with Gasteiger partial charge >= 0.3 is 0 Å². The maximum atomic E-state index is 13.7. The Hall–Kier alpha value is -3.29. The van der Waals surface area contributed by atoms with Gasteiger partial charge in [0.1, 0.15) is 11.4 Å². The third kappa shape index (κ3) is 5.52.